The van der Waals surface area contributed by atoms with E-state index >= 15 is 0 Å². The first-order valence-corrected chi connectivity index (χ1v) is 12.8. The summed E-state index contributed by atoms with van der Waals surface area (Å²) in [5.41, 5.74) is 1.09. The van der Waals surface area contributed by atoms with Crippen LogP contribution in [0.2, 0.25) is 5.02 Å². The highest BCUT2D eigenvalue weighted by molar-refractivity contribution is 6.31. The van der Waals surface area contributed by atoms with Crippen LogP contribution in [0.3, 0.4) is 0 Å². The molecule has 2 saturated heterocycles. The Kier molecular flexibility index (Phi) is 7.62. The molecule has 0 spiro atoms. The van der Waals surface area contributed by atoms with Gasteiger partial charge in [-0.1, -0.05) is 24.6 Å². The Balaban J connectivity index is 1.29. The second-order valence-electron chi connectivity index (χ2n) is 9.48. The van der Waals surface area contributed by atoms with Crippen LogP contribution in [-0.4, -0.2) is 71.6 Å². The van der Waals surface area contributed by atoms with E-state index in [1.807, 2.05) is 0 Å². The van der Waals surface area contributed by atoms with E-state index < -0.39 is 16.7 Å². The highest BCUT2D eigenvalue weighted by atomic mass is 35.5. The molecule has 200 valence electrons. The summed E-state index contributed by atoms with van der Waals surface area (Å²) in [4.78, 5) is 25.3. The van der Waals surface area contributed by atoms with E-state index in [9.17, 15) is 13.6 Å². The zero-order valence-electron chi connectivity index (χ0n) is 21.0. The molecular weight excluding hydrogens is 516 g/mol. The standard InChI is InChI=1S/C27H28ClF2N5O3/c1-16(12-34-8-4-3-5-9-34)27(36)35-13-17(14-35)38-23-10-18-21(11-22(23)37-2)31-15-32-26(18)33-20-7-6-19(29)24(28)25(20)30/h6-7,10-11,15,17H,1,3-5,8-9,12-14H2,2H3,(H,31,32,33). The number of piperidine rings is 1. The molecule has 0 aliphatic carbocycles. The molecule has 0 radical (unpaired) electrons. The van der Waals surface area contributed by atoms with Gasteiger partial charge in [0, 0.05) is 23.6 Å². The van der Waals surface area contributed by atoms with Gasteiger partial charge in [0.15, 0.2) is 17.3 Å². The molecule has 1 N–H and O–H groups in total. The first-order valence-electron chi connectivity index (χ1n) is 12.4. The van der Waals surface area contributed by atoms with Crippen molar-refractivity contribution in [3.8, 4) is 11.5 Å². The number of ether oxygens (including phenoxy) is 2. The monoisotopic (exact) mass is 543 g/mol. The van der Waals surface area contributed by atoms with Crippen molar-refractivity contribution in [1.82, 2.24) is 19.8 Å². The maximum atomic E-state index is 14.5. The number of carbonyl (C=O) groups excluding carboxylic acids is 1. The quantitative estimate of drug-likeness (QED) is 0.318. The van der Waals surface area contributed by atoms with Crippen molar-refractivity contribution in [2.75, 3.05) is 45.2 Å². The molecule has 2 fully saturated rings. The van der Waals surface area contributed by atoms with Gasteiger partial charge in [0.1, 0.15) is 29.1 Å². The van der Waals surface area contributed by atoms with E-state index in [0.29, 0.717) is 47.6 Å². The van der Waals surface area contributed by atoms with E-state index in [4.69, 9.17) is 21.1 Å². The smallest absolute Gasteiger partial charge is 0.250 e. The fourth-order valence-electron chi connectivity index (χ4n) is 4.70. The SMILES string of the molecule is C=C(CN1CCCCC1)C(=O)N1CC(Oc2cc3c(Nc4ccc(F)c(Cl)c4F)ncnc3cc2OC)C1. The third-order valence-corrected chi connectivity index (χ3v) is 7.15. The molecule has 8 nitrogen and oxygen atoms in total. The van der Waals surface area contributed by atoms with Gasteiger partial charge in [0.2, 0.25) is 0 Å². The number of nitrogens with one attached hydrogen (secondary N) is 1. The topological polar surface area (TPSA) is 79.8 Å². The molecule has 1 aromatic heterocycles. The minimum atomic E-state index is -0.926. The maximum Gasteiger partial charge on any atom is 0.250 e. The number of fused-ring (bicyclic) bond motifs is 1. The largest absolute Gasteiger partial charge is 0.493 e. The van der Waals surface area contributed by atoms with Gasteiger partial charge in [0.25, 0.3) is 5.91 Å². The number of halogens is 3. The Hall–Kier alpha value is -3.50. The van der Waals surface area contributed by atoms with Crippen molar-refractivity contribution in [3.05, 3.63) is 59.4 Å². The van der Waals surface area contributed by atoms with Crippen LogP contribution >= 0.6 is 11.6 Å². The Bertz CT molecular complexity index is 1380. The maximum absolute atomic E-state index is 14.5. The number of carbonyl (C=O) groups is 1. The van der Waals surface area contributed by atoms with Gasteiger partial charge >= 0.3 is 0 Å². The number of nitrogens with zero attached hydrogens (tertiary/aromatic N) is 4. The molecule has 11 heteroatoms. The van der Waals surface area contributed by atoms with Gasteiger partial charge in [-0.2, -0.15) is 0 Å². The minimum absolute atomic E-state index is 0.0346. The predicted octanol–water partition coefficient (Wildman–Crippen LogP) is 4.95. The second kappa shape index (κ2) is 11.1. The van der Waals surface area contributed by atoms with Crippen LogP contribution < -0.4 is 14.8 Å². The number of hydrogen-bond acceptors (Lipinski definition) is 7. The molecule has 3 heterocycles. The van der Waals surface area contributed by atoms with E-state index in [0.717, 1.165) is 32.0 Å². The number of hydrogen-bond donors (Lipinski definition) is 1. The van der Waals surface area contributed by atoms with E-state index in [1.165, 1.54) is 25.9 Å². The third-order valence-electron chi connectivity index (χ3n) is 6.80. The molecule has 0 saturated carbocycles. The second-order valence-corrected chi connectivity index (χ2v) is 9.86. The number of methoxy groups -OCH3 is 1. The molecule has 5 rings (SSSR count). The lowest BCUT2D eigenvalue weighted by molar-refractivity contribution is -0.136. The normalized spacial score (nSPS) is 16.3. The molecule has 2 aromatic carbocycles. The van der Waals surface area contributed by atoms with E-state index in [-0.39, 0.29) is 23.5 Å². The van der Waals surface area contributed by atoms with Crippen molar-refractivity contribution < 1.29 is 23.0 Å². The van der Waals surface area contributed by atoms with Crippen LogP contribution in [0, 0.1) is 11.6 Å². The number of rotatable bonds is 8. The highest BCUT2D eigenvalue weighted by Crippen LogP contribution is 2.37. The number of anilines is 2. The molecule has 0 unspecified atom stereocenters. The molecule has 0 atom stereocenters. The Morgan fingerprint density at radius 1 is 1.16 bits per heavy atom. The number of likely N-dealkylation sites (tertiary alicyclic amines) is 2. The lowest BCUT2D eigenvalue weighted by atomic mass is 10.1. The van der Waals surface area contributed by atoms with Gasteiger partial charge in [-0.25, -0.2) is 18.7 Å². The molecule has 38 heavy (non-hydrogen) atoms. The van der Waals surface area contributed by atoms with E-state index in [2.05, 4.69) is 26.8 Å². The van der Waals surface area contributed by atoms with Gasteiger partial charge in [0.05, 0.1) is 31.4 Å². The Morgan fingerprint density at radius 3 is 2.66 bits per heavy atom. The molecule has 0 bridgehead atoms. The van der Waals surface area contributed by atoms with Gasteiger partial charge in [-0.05, 0) is 44.1 Å². The van der Waals surface area contributed by atoms with Gasteiger partial charge in [-0.15, -0.1) is 0 Å². The summed E-state index contributed by atoms with van der Waals surface area (Å²) in [7, 11) is 1.52. The van der Waals surface area contributed by atoms with Crippen molar-refractivity contribution in [1.29, 1.82) is 0 Å². The summed E-state index contributed by atoms with van der Waals surface area (Å²) in [6.07, 6.45) is 4.64. The van der Waals surface area contributed by atoms with Crippen LogP contribution in [0.5, 0.6) is 11.5 Å². The Morgan fingerprint density at radius 2 is 1.92 bits per heavy atom. The Labute approximate surface area is 224 Å². The fourth-order valence-corrected chi connectivity index (χ4v) is 4.87. The molecule has 2 aliphatic rings. The number of benzene rings is 2. The van der Waals surface area contributed by atoms with Gasteiger partial charge in [-0.3, -0.25) is 9.69 Å². The minimum Gasteiger partial charge on any atom is -0.493 e. The summed E-state index contributed by atoms with van der Waals surface area (Å²) in [6, 6.07) is 5.69. The lowest BCUT2D eigenvalue weighted by Crippen LogP contribution is -2.57. The summed E-state index contributed by atoms with van der Waals surface area (Å²) < 4.78 is 39.8. The first kappa shape index (κ1) is 26.1. The van der Waals surface area contributed by atoms with Gasteiger partial charge < -0.3 is 19.7 Å². The van der Waals surface area contributed by atoms with Crippen LogP contribution in [0.15, 0.2) is 42.7 Å². The highest BCUT2D eigenvalue weighted by Gasteiger charge is 2.34. The molecule has 1 amide bonds. The van der Waals surface area contributed by atoms with E-state index in [1.54, 1.807) is 17.0 Å². The van der Waals surface area contributed by atoms with Crippen LogP contribution in [0.25, 0.3) is 10.9 Å². The average Bonchev–Trinajstić information content (AvgIpc) is 2.90. The summed E-state index contributed by atoms with van der Waals surface area (Å²) in [5.74, 6) is -0.670. The zero-order chi connectivity index (χ0) is 26.8. The van der Waals surface area contributed by atoms with Crippen LogP contribution in [-0.2, 0) is 4.79 Å². The van der Waals surface area contributed by atoms with Crippen LogP contribution in [0.4, 0.5) is 20.3 Å². The zero-order valence-corrected chi connectivity index (χ0v) is 21.7. The first-order chi connectivity index (χ1) is 18.3. The lowest BCUT2D eigenvalue weighted by Gasteiger charge is -2.40. The third kappa shape index (κ3) is 5.37. The fraction of sp³-hybridized carbons (Fsp3) is 0.370. The van der Waals surface area contributed by atoms with Crippen molar-refractivity contribution in [2.45, 2.75) is 25.4 Å². The molecule has 2 aliphatic heterocycles. The molecule has 3 aromatic rings. The van der Waals surface area contributed by atoms with Crippen molar-refractivity contribution in [2.24, 2.45) is 0 Å². The van der Waals surface area contributed by atoms with Crippen molar-refractivity contribution >= 4 is 39.9 Å². The summed E-state index contributed by atoms with van der Waals surface area (Å²) in [6.45, 7) is 7.46. The van der Waals surface area contributed by atoms with Crippen LogP contribution in [0.1, 0.15) is 19.3 Å². The summed E-state index contributed by atoms with van der Waals surface area (Å²) in [5, 5.41) is 2.78. The number of aromatic nitrogens is 2. The average molecular weight is 544 g/mol. The molecular formula is C27H28ClF2N5O3. The summed E-state index contributed by atoms with van der Waals surface area (Å²) >= 11 is 5.72. The van der Waals surface area contributed by atoms with Crippen molar-refractivity contribution in [3.63, 3.8) is 0 Å². The number of amides is 1. The predicted molar refractivity (Wildman–Crippen MR) is 141 cm³/mol.